The average Bonchev–Trinajstić information content (AvgIpc) is 2.27. The van der Waals surface area contributed by atoms with Gasteiger partial charge in [0.2, 0.25) is 0 Å². The molecular weight excluding hydrogens is 284 g/mol. The molecule has 2 aromatic carbocycles. The van der Waals surface area contributed by atoms with Crippen molar-refractivity contribution in [2.75, 3.05) is 0 Å². The molecule has 0 unspecified atom stereocenters. The summed E-state index contributed by atoms with van der Waals surface area (Å²) < 4.78 is 38.8. The highest BCUT2D eigenvalue weighted by Crippen LogP contribution is 2.31. The van der Waals surface area contributed by atoms with Crippen LogP contribution in [0.4, 0.5) is 13.2 Å². The standard InChI is InChI=1S/C13H7Cl2F3/c14-9-3-8(4-10(15)6-9)11-5-7(13(17)18)1-2-12(11)16/h1-6,13H. The van der Waals surface area contributed by atoms with Crippen molar-refractivity contribution in [3.63, 3.8) is 0 Å². The Kier molecular flexibility index (Phi) is 3.83. The molecule has 2 rings (SSSR count). The van der Waals surface area contributed by atoms with Crippen LogP contribution in [0.5, 0.6) is 0 Å². The predicted molar refractivity (Wildman–Crippen MR) is 66.8 cm³/mol. The second kappa shape index (κ2) is 5.21. The van der Waals surface area contributed by atoms with Gasteiger partial charge in [0.25, 0.3) is 6.43 Å². The van der Waals surface area contributed by atoms with Gasteiger partial charge in [0, 0.05) is 21.2 Å². The summed E-state index contributed by atoms with van der Waals surface area (Å²) in [4.78, 5) is 0. The van der Waals surface area contributed by atoms with E-state index in [1.807, 2.05) is 0 Å². The monoisotopic (exact) mass is 290 g/mol. The van der Waals surface area contributed by atoms with Gasteiger partial charge in [-0.05, 0) is 35.9 Å². The van der Waals surface area contributed by atoms with E-state index in [-0.39, 0.29) is 11.1 Å². The summed E-state index contributed by atoms with van der Waals surface area (Å²) in [5.74, 6) is -0.599. The summed E-state index contributed by atoms with van der Waals surface area (Å²) in [6, 6.07) is 7.59. The highest BCUT2D eigenvalue weighted by atomic mass is 35.5. The summed E-state index contributed by atoms with van der Waals surface area (Å²) in [6.07, 6.45) is -2.65. The molecule has 0 saturated carbocycles. The zero-order chi connectivity index (χ0) is 13.3. The average molecular weight is 291 g/mol. The van der Waals surface area contributed by atoms with Crippen LogP contribution < -0.4 is 0 Å². The molecule has 0 amide bonds. The summed E-state index contributed by atoms with van der Waals surface area (Å²) >= 11 is 11.6. The summed E-state index contributed by atoms with van der Waals surface area (Å²) in [7, 11) is 0. The first-order chi connectivity index (χ1) is 8.47. The first kappa shape index (κ1) is 13.2. The maximum Gasteiger partial charge on any atom is 0.263 e. The van der Waals surface area contributed by atoms with E-state index < -0.39 is 12.2 Å². The molecule has 2 aromatic rings. The normalized spacial score (nSPS) is 11.0. The lowest BCUT2D eigenvalue weighted by Crippen LogP contribution is -1.90. The molecule has 0 aliphatic carbocycles. The zero-order valence-corrected chi connectivity index (χ0v) is 10.4. The molecule has 0 bridgehead atoms. The van der Waals surface area contributed by atoms with Crippen LogP contribution in [0.1, 0.15) is 12.0 Å². The minimum atomic E-state index is -2.65. The second-order valence-electron chi connectivity index (χ2n) is 3.70. The van der Waals surface area contributed by atoms with Crippen LogP contribution in [0.2, 0.25) is 10.0 Å². The maximum absolute atomic E-state index is 13.7. The second-order valence-corrected chi connectivity index (χ2v) is 4.57. The lowest BCUT2D eigenvalue weighted by molar-refractivity contribution is 0.151. The summed E-state index contributed by atoms with van der Waals surface area (Å²) in [6.45, 7) is 0. The molecule has 5 heteroatoms. The van der Waals surface area contributed by atoms with Crippen molar-refractivity contribution in [1.29, 1.82) is 0 Å². The molecule has 0 fully saturated rings. The molecule has 0 spiro atoms. The van der Waals surface area contributed by atoms with E-state index >= 15 is 0 Å². The Balaban J connectivity index is 2.58. The number of rotatable bonds is 2. The molecule has 0 N–H and O–H groups in total. The van der Waals surface area contributed by atoms with Gasteiger partial charge in [-0.3, -0.25) is 0 Å². The number of alkyl halides is 2. The molecule has 94 valence electrons. The number of hydrogen-bond donors (Lipinski definition) is 0. The lowest BCUT2D eigenvalue weighted by Gasteiger charge is -2.07. The van der Waals surface area contributed by atoms with E-state index in [0.29, 0.717) is 15.6 Å². The smallest absolute Gasteiger partial charge is 0.206 e. The van der Waals surface area contributed by atoms with Gasteiger partial charge in [-0.25, -0.2) is 13.2 Å². The van der Waals surface area contributed by atoms with Crippen molar-refractivity contribution in [3.05, 3.63) is 57.8 Å². The SMILES string of the molecule is Fc1ccc(C(F)F)cc1-c1cc(Cl)cc(Cl)c1. The summed E-state index contributed by atoms with van der Waals surface area (Å²) in [5, 5.41) is 0.638. The third-order valence-electron chi connectivity index (χ3n) is 2.42. The van der Waals surface area contributed by atoms with E-state index in [1.165, 1.54) is 18.2 Å². The van der Waals surface area contributed by atoms with Crippen molar-refractivity contribution in [3.8, 4) is 11.1 Å². The molecule has 0 heterocycles. The molecule has 0 radical (unpaired) electrons. The van der Waals surface area contributed by atoms with E-state index in [2.05, 4.69) is 0 Å². The Morgan fingerprint density at radius 1 is 0.889 bits per heavy atom. The van der Waals surface area contributed by atoms with Gasteiger partial charge in [-0.2, -0.15) is 0 Å². The van der Waals surface area contributed by atoms with Crippen molar-refractivity contribution < 1.29 is 13.2 Å². The van der Waals surface area contributed by atoms with Gasteiger partial charge >= 0.3 is 0 Å². The number of halogens is 5. The third kappa shape index (κ3) is 2.79. The Bertz CT molecular complexity index is 562. The van der Waals surface area contributed by atoms with Crippen LogP contribution in [0, 0.1) is 5.82 Å². The molecule has 18 heavy (non-hydrogen) atoms. The minimum absolute atomic E-state index is 0.0530. The third-order valence-corrected chi connectivity index (χ3v) is 2.85. The first-order valence-electron chi connectivity index (χ1n) is 5.01. The number of hydrogen-bond acceptors (Lipinski definition) is 0. The van der Waals surface area contributed by atoms with E-state index in [0.717, 1.165) is 18.2 Å². The van der Waals surface area contributed by atoms with Crippen LogP contribution in [-0.4, -0.2) is 0 Å². The fourth-order valence-corrected chi connectivity index (χ4v) is 2.14. The largest absolute Gasteiger partial charge is 0.263 e. The van der Waals surface area contributed by atoms with Crippen LogP contribution in [0.3, 0.4) is 0 Å². The van der Waals surface area contributed by atoms with Crippen molar-refractivity contribution in [2.45, 2.75) is 6.43 Å². The van der Waals surface area contributed by atoms with Crippen molar-refractivity contribution >= 4 is 23.2 Å². The molecular formula is C13H7Cl2F3. The highest BCUT2D eigenvalue weighted by molar-refractivity contribution is 6.35. The van der Waals surface area contributed by atoms with Crippen LogP contribution in [0.15, 0.2) is 36.4 Å². The molecule has 0 saturated heterocycles. The predicted octanol–water partition coefficient (Wildman–Crippen LogP) is 5.74. The minimum Gasteiger partial charge on any atom is -0.206 e. The van der Waals surface area contributed by atoms with Gasteiger partial charge in [0.05, 0.1) is 0 Å². The van der Waals surface area contributed by atoms with Crippen molar-refractivity contribution in [1.82, 2.24) is 0 Å². The maximum atomic E-state index is 13.7. The molecule has 0 aliphatic heterocycles. The van der Waals surface area contributed by atoms with Crippen LogP contribution in [-0.2, 0) is 0 Å². The Labute approximate surface area is 112 Å². The molecule has 0 atom stereocenters. The Hall–Kier alpha value is -1.19. The quantitative estimate of drug-likeness (QED) is 0.662. The number of benzene rings is 2. The Morgan fingerprint density at radius 2 is 1.50 bits per heavy atom. The summed E-state index contributed by atoms with van der Waals surface area (Å²) in [5.41, 5.74) is 0.173. The topological polar surface area (TPSA) is 0 Å². The van der Waals surface area contributed by atoms with E-state index in [4.69, 9.17) is 23.2 Å². The molecule has 0 aliphatic rings. The molecule has 0 aromatic heterocycles. The van der Waals surface area contributed by atoms with Crippen molar-refractivity contribution in [2.24, 2.45) is 0 Å². The first-order valence-corrected chi connectivity index (χ1v) is 5.77. The van der Waals surface area contributed by atoms with E-state index in [1.54, 1.807) is 0 Å². The van der Waals surface area contributed by atoms with Gasteiger partial charge in [0.1, 0.15) is 5.82 Å². The van der Waals surface area contributed by atoms with Gasteiger partial charge in [-0.1, -0.05) is 29.3 Å². The molecule has 0 nitrogen and oxygen atoms in total. The Morgan fingerprint density at radius 3 is 2.06 bits per heavy atom. The van der Waals surface area contributed by atoms with Gasteiger partial charge in [-0.15, -0.1) is 0 Å². The highest BCUT2D eigenvalue weighted by Gasteiger charge is 2.13. The van der Waals surface area contributed by atoms with Crippen LogP contribution >= 0.6 is 23.2 Å². The zero-order valence-electron chi connectivity index (χ0n) is 8.93. The van der Waals surface area contributed by atoms with Crippen LogP contribution in [0.25, 0.3) is 11.1 Å². The van der Waals surface area contributed by atoms with Gasteiger partial charge < -0.3 is 0 Å². The van der Waals surface area contributed by atoms with E-state index in [9.17, 15) is 13.2 Å². The fourth-order valence-electron chi connectivity index (χ4n) is 1.61. The lowest BCUT2D eigenvalue weighted by atomic mass is 10.0. The fraction of sp³-hybridized carbons (Fsp3) is 0.0769. The van der Waals surface area contributed by atoms with Gasteiger partial charge in [0.15, 0.2) is 0 Å².